The molecule has 0 amide bonds. The second-order valence-electron chi connectivity index (χ2n) is 5.30. The summed E-state index contributed by atoms with van der Waals surface area (Å²) in [4.78, 5) is 0. The van der Waals surface area contributed by atoms with Gasteiger partial charge in [-0.2, -0.15) is 11.8 Å². The summed E-state index contributed by atoms with van der Waals surface area (Å²) >= 11 is 2.01. The standard InChI is InChI=1S/C15H21NOS/c1-18-13-7-6-12(8-13)16-15-10-17-9-11-4-2-3-5-14(11)15/h2-5,12-13,15-16H,6-10H2,1H3. The molecule has 1 saturated carbocycles. The molecule has 0 spiro atoms. The molecule has 1 heterocycles. The Balaban J connectivity index is 1.67. The summed E-state index contributed by atoms with van der Waals surface area (Å²) in [5.41, 5.74) is 2.79. The minimum absolute atomic E-state index is 0.389. The van der Waals surface area contributed by atoms with Gasteiger partial charge in [-0.1, -0.05) is 24.3 Å². The summed E-state index contributed by atoms with van der Waals surface area (Å²) in [6.07, 6.45) is 6.20. The molecule has 3 heteroatoms. The summed E-state index contributed by atoms with van der Waals surface area (Å²) in [5.74, 6) is 0. The molecule has 0 radical (unpaired) electrons. The van der Waals surface area contributed by atoms with E-state index in [0.717, 1.165) is 18.5 Å². The lowest BCUT2D eigenvalue weighted by Gasteiger charge is -2.29. The van der Waals surface area contributed by atoms with Gasteiger partial charge in [-0.15, -0.1) is 0 Å². The molecule has 1 aliphatic heterocycles. The number of hydrogen-bond donors (Lipinski definition) is 1. The summed E-state index contributed by atoms with van der Waals surface area (Å²) < 4.78 is 5.70. The van der Waals surface area contributed by atoms with E-state index in [-0.39, 0.29) is 0 Å². The highest BCUT2D eigenvalue weighted by molar-refractivity contribution is 7.99. The number of benzene rings is 1. The number of ether oxygens (including phenoxy) is 1. The van der Waals surface area contributed by atoms with Crippen molar-refractivity contribution in [3.05, 3.63) is 35.4 Å². The molecule has 18 heavy (non-hydrogen) atoms. The van der Waals surface area contributed by atoms with Crippen LogP contribution in [0.25, 0.3) is 0 Å². The molecule has 3 rings (SSSR count). The first-order valence-corrected chi connectivity index (χ1v) is 8.10. The second-order valence-corrected chi connectivity index (χ2v) is 6.44. The van der Waals surface area contributed by atoms with Crippen molar-refractivity contribution in [1.29, 1.82) is 0 Å². The molecule has 0 saturated heterocycles. The Hall–Kier alpha value is -0.510. The van der Waals surface area contributed by atoms with Crippen LogP contribution in [-0.2, 0) is 11.3 Å². The number of hydrogen-bond acceptors (Lipinski definition) is 3. The molecule has 2 nitrogen and oxygen atoms in total. The molecule has 3 unspecified atom stereocenters. The molecular formula is C15H21NOS. The zero-order chi connectivity index (χ0) is 12.4. The van der Waals surface area contributed by atoms with Crippen molar-refractivity contribution in [3.63, 3.8) is 0 Å². The molecule has 1 N–H and O–H groups in total. The number of rotatable bonds is 3. The lowest BCUT2D eigenvalue weighted by molar-refractivity contribution is 0.0786. The molecular weight excluding hydrogens is 242 g/mol. The zero-order valence-corrected chi connectivity index (χ0v) is 11.7. The Morgan fingerprint density at radius 1 is 1.28 bits per heavy atom. The fourth-order valence-electron chi connectivity index (χ4n) is 3.11. The Morgan fingerprint density at radius 2 is 2.17 bits per heavy atom. The number of fused-ring (bicyclic) bond motifs is 1. The molecule has 1 fully saturated rings. The topological polar surface area (TPSA) is 21.3 Å². The Labute approximate surface area is 113 Å². The van der Waals surface area contributed by atoms with Crippen molar-refractivity contribution < 1.29 is 4.74 Å². The SMILES string of the molecule is CSC1CCC(NC2COCc3ccccc32)C1. The van der Waals surface area contributed by atoms with E-state index < -0.39 is 0 Å². The zero-order valence-electron chi connectivity index (χ0n) is 10.9. The van der Waals surface area contributed by atoms with Gasteiger partial charge in [0.1, 0.15) is 0 Å². The van der Waals surface area contributed by atoms with Gasteiger partial charge >= 0.3 is 0 Å². The van der Waals surface area contributed by atoms with Crippen LogP contribution in [0.5, 0.6) is 0 Å². The minimum Gasteiger partial charge on any atom is -0.375 e. The predicted molar refractivity (Wildman–Crippen MR) is 76.9 cm³/mol. The van der Waals surface area contributed by atoms with Gasteiger partial charge in [0.25, 0.3) is 0 Å². The molecule has 1 aromatic rings. The first-order valence-electron chi connectivity index (χ1n) is 6.81. The van der Waals surface area contributed by atoms with Crippen molar-refractivity contribution in [3.8, 4) is 0 Å². The summed E-state index contributed by atoms with van der Waals surface area (Å²) in [6.45, 7) is 1.59. The van der Waals surface area contributed by atoms with Gasteiger partial charge in [0.2, 0.25) is 0 Å². The van der Waals surface area contributed by atoms with E-state index in [2.05, 4.69) is 35.8 Å². The van der Waals surface area contributed by atoms with Gasteiger partial charge in [0, 0.05) is 11.3 Å². The maximum atomic E-state index is 5.70. The average Bonchev–Trinajstić information content (AvgIpc) is 2.87. The van der Waals surface area contributed by atoms with Gasteiger partial charge in [0.05, 0.1) is 19.3 Å². The van der Waals surface area contributed by atoms with E-state index in [9.17, 15) is 0 Å². The molecule has 3 atom stereocenters. The van der Waals surface area contributed by atoms with Gasteiger partial charge in [-0.25, -0.2) is 0 Å². The predicted octanol–water partition coefficient (Wildman–Crippen LogP) is 3.13. The maximum absolute atomic E-state index is 5.70. The second kappa shape index (κ2) is 5.64. The lowest BCUT2D eigenvalue weighted by atomic mass is 9.98. The highest BCUT2D eigenvalue weighted by Gasteiger charge is 2.28. The van der Waals surface area contributed by atoms with Crippen molar-refractivity contribution in [2.75, 3.05) is 12.9 Å². The van der Waals surface area contributed by atoms with Crippen molar-refractivity contribution in [1.82, 2.24) is 5.32 Å². The highest BCUT2D eigenvalue weighted by atomic mass is 32.2. The van der Waals surface area contributed by atoms with Crippen LogP contribution in [0, 0.1) is 0 Å². The van der Waals surface area contributed by atoms with Crippen LogP contribution in [0.1, 0.15) is 36.4 Å². The number of nitrogens with one attached hydrogen (secondary N) is 1. The fraction of sp³-hybridized carbons (Fsp3) is 0.600. The van der Waals surface area contributed by atoms with Crippen LogP contribution in [0.4, 0.5) is 0 Å². The molecule has 98 valence electrons. The largest absolute Gasteiger partial charge is 0.375 e. The monoisotopic (exact) mass is 263 g/mol. The molecule has 0 aromatic heterocycles. The summed E-state index contributed by atoms with van der Waals surface area (Å²) in [7, 11) is 0. The molecule has 1 aliphatic carbocycles. The highest BCUT2D eigenvalue weighted by Crippen LogP contribution is 2.31. The smallest absolute Gasteiger partial charge is 0.0721 e. The lowest BCUT2D eigenvalue weighted by Crippen LogP contribution is -2.36. The average molecular weight is 263 g/mol. The Kier molecular flexibility index (Phi) is 3.92. The summed E-state index contributed by atoms with van der Waals surface area (Å²) in [6, 6.07) is 9.73. The third-order valence-corrected chi connectivity index (χ3v) is 5.22. The van der Waals surface area contributed by atoms with Crippen LogP contribution in [0.3, 0.4) is 0 Å². The maximum Gasteiger partial charge on any atom is 0.0721 e. The van der Waals surface area contributed by atoms with Crippen molar-refractivity contribution in [2.45, 2.75) is 43.2 Å². The van der Waals surface area contributed by atoms with Crippen LogP contribution in [0.15, 0.2) is 24.3 Å². The third kappa shape index (κ3) is 2.58. The minimum atomic E-state index is 0.389. The van der Waals surface area contributed by atoms with Crippen LogP contribution >= 0.6 is 11.8 Å². The van der Waals surface area contributed by atoms with Gasteiger partial charge in [-0.3, -0.25) is 0 Å². The van der Waals surface area contributed by atoms with E-state index in [4.69, 9.17) is 4.74 Å². The van der Waals surface area contributed by atoms with Crippen LogP contribution < -0.4 is 5.32 Å². The van der Waals surface area contributed by atoms with Crippen molar-refractivity contribution >= 4 is 11.8 Å². The quantitative estimate of drug-likeness (QED) is 0.905. The number of thioether (sulfide) groups is 1. The first-order chi connectivity index (χ1) is 8.86. The van der Waals surface area contributed by atoms with Crippen LogP contribution in [-0.4, -0.2) is 24.2 Å². The van der Waals surface area contributed by atoms with Gasteiger partial charge < -0.3 is 10.1 Å². The van der Waals surface area contributed by atoms with E-state index >= 15 is 0 Å². The van der Waals surface area contributed by atoms with E-state index in [1.165, 1.54) is 30.4 Å². The fourth-order valence-corrected chi connectivity index (χ4v) is 3.91. The Morgan fingerprint density at radius 3 is 3.00 bits per heavy atom. The summed E-state index contributed by atoms with van der Waals surface area (Å²) in [5, 5.41) is 4.65. The van der Waals surface area contributed by atoms with E-state index in [0.29, 0.717) is 12.1 Å². The van der Waals surface area contributed by atoms with E-state index in [1.54, 1.807) is 0 Å². The van der Waals surface area contributed by atoms with Gasteiger partial charge in [0.15, 0.2) is 0 Å². The van der Waals surface area contributed by atoms with Gasteiger partial charge in [-0.05, 0) is 36.6 Å². The normalized spacial score (nSPS) is 31.3. The molecule has 1 aromatic carbocycles. The third-order valence-electron chi connectivity index (χ3n) is 4.13. The molecule has 2 aliphatic rings. The first kappa shape index (κ1) is 12.5. The van der Waals surface area contributed by atoms with E-state index in [1.807, 2.05) is 11.8 Å². The van der Waals surface area contributed by atoms with Crippen LogP contribution in [0.2, 0.25) is 0 Å². The molecule has 0 bridgehead atoms. The Bertz CT molecular complexity index is 409. The van der Waals surface area contributed by atoms with Crippen molar-refractivity contribution in [2.24, 2.45) is 0 Å².